The second-order valence-electron chi connectivity index (χ2n) is 7.20. The summed E-state index contributed by atoms with van der Waals surface area (Å²) in [5.74, 6) is -0.0996. The number of guanidine groups is 1. The van der Waals surface area contributed by atoms with E-state index in [1.807, 2.05) is 0 Å². The molecule has 0 radical (unpaired) electrons. The Morgan fingerprint density at radius 1 is 1.22 bits per heavy atom. The van der Waals surface area contributed by atoms with Gasteiger partial charge in [0.25, 0.3) is 0 Å². The molecule has 1 fully saturated rings. The van der Waals surface area contributed by atoms with Gasteiger partial charge in [-0.25, -0.2) is 4.99 Å². The van der Waals surface area contributed by atoms with Crippen molar-refractivity contribution in [2.24, 2.45) is 4.99 Å². The van der Waals surface area contributed by atoms with Crippen LogP contribution in [0.3, 0.4) is 0 Å². The predicted molar refractivity (Wildman–Crippen MR) is 126 cm³/mol. The molecule has 8 nitrogen and oxygen atoms in total. The van der Waals surface area contributed by atoms with E-state index in [2.05, 4.69) is 25.3 Å². The molecule has 0 saturated carbocycles. The summed E-state index contributed by atoms with van der Waals surface area (Å²) in [6.07, 6.45) is -3.94. The average Bonchev–Trinajstić information content (AvgIpc) is 2.72. The molecule has 0 bridgehead atoms. The maximum Gasteiger partial charge on any atom is 0.573 e. The number of nitrogens with zero attached hydrogens (tertiary/aromatic N) is 3. The Balaban J connectivity index is 0.00000512. The number of carbonyl (C=O) groups excluding carboxylic acids is 1. The minimum atomic E-state index is -4.78. The number of hydrogen-bond acceptors (Lipinski definition) is 5. The maximum atomic E-state index is 12.6. The van der Waals surface area contributed by atoms with E-state index in [1.165, 1.54) is 23.1 Å². The van der Waals surface area contributed by atoms with E-state index < -0.39 is 6.36 Å². The summed E-state index contributed by atoms with van der Waals surface area (Å²) in [5.41, 5.74) is 0.285. The second-order valence-corrected chi connectivity index (χ2v) is 7.20. The van der Waals surface area contributed by atoms with E-state index in [-0.39, 0.29) is 54.3 Å². The molecule has 0 aliphatic carbocycles. The lowest BCUT2D eigenvalue weighted by Crippen LogP contribution is -2.44. The van der Waals surface area contributed by atoms with E-state index in [0.717, 1.165) is 39.3 Å². The first kappa shape index (κ1) is 28.2. The Kier molecular flexibility index (Phi) is 12.7. The zero-order chi connectivity index (χ0) is 22.7. The van der Waals surface area contributed by atoms with E-state index in [0.29, 0.717) is 12.5 Å². The topological polar surface area (TPSA) is 78.4 Å². The molecule has 1 aliphatic rings. The van der Waals surface area contributed by atoms with E-state index >= 15 is 0 Å². The van der Waals surface area contributed by atoms with Crippen LogP contribution in [-0.2, 0) is 16.1 Å². The van der Waals surface area contributed by atoms with Crippen molar-refractivity contribution in [1.29, 1.82) is 0 Å². The fourth-order valence-corrected chi connectivity index (χ4v) is 2.85. The van der Waals surface area contributed by atoms with Crippen molar-refractivity contribution in [3.05, 3.63) is 29.8 Å². The number of hydrogen-bond donors (Lipinski definition) is 2. The number of para-hydroxylation sites is 1. The Labute approximate surface area is 203 Å². The van der Waals surface area contributed by atoms with Gasteiger partial charge in [-0.05, 0) is 19.0 Å². The number of aliphatic imine (C=N–C) groups is 1. The molecule has 1 saturated heterocycles. The fourth-order valence-electron chi connectivity index (χ4n) is 2.85. The summed E-state index contributed by atoms with van der Waals surface area (Å²) in [5, 5.41) is 6.07. The van der Waals surface area contributed by atoms with Gasteiger partial charge in [0.1, 0.15) is 5.75 Å². The summed E-state index contributed by atoms with van der Waals surface area (Å²) >= 11 is 0. The molecule has 2 rings (SSSR count). The molecule has 1 heterocycles. The first-order valence-corrected chi connectivity index (χ1v) is 10.1. The molecule has 0 spiro atoms. The number of benzene rings is 1. The molecule has 0 unspecified atom stereocenters. The van der Waals surface area contributed by atoms with Gasteiger partial charge in [0.15, 0.2) is 5.96 Å². The maximum absolute atomic E-state index is 12.6. The number of morpholine rings is 1. The molecule has 1 aliphatic heterocycles. The third kappa shape index (κ3) is 11.2. The van der Waals surface area contributed by atoms with E-state index in [9.17, 15) is 18.0 Å². The van der Waals surface area contributed by atoms with Gasteiger partial charge in [0.05, 0.1) is 26.3 Å². The molecule has 0 atom stereocenters. The lowest BCUT2D eigenvalue weighted by Gasteiger charge is -2.26. The number of amides is 1. The first-order chi connectivity index (χ1) is 14.7. The second kappa shape index (κ2) is 14.4. The zero-order valence-corrected chi connectivity index (χ0v) is 20.6. The van der Waals surface area contributed by atoms with Crippen LogP contribution in [0.15, 0.2) is 29.3 Å². The van der Waals surface area contributed by atoms with Crippen LogP contribution in [-0.4, -0.2) is 88.1 Å². The fraction of sp³-hybridized carbons (Fsp3) is 0.600. The monoisotopic (exact) mass is 573 g/mol. The Hall–Kier alpha value is -1.80. The normalized spacial score (nSPS) is 15.0. The van der Waals surface area contributed by atoms with Crippen molar-refractivity contribution in [2.75, 3.05) is 60.0 Å². The molecular weight excluding hydrogens is 542 g/mol. The van der Waals surface area contributed by atoms with Crippen LogP contribution in [0.1, 0.15) is 12.0 Å². The van der Waals surface area contributed by atoms with Gasteiger partial charge in [0.2, 0.25) is 5.91 Å². The van der Waals surface area contributed by atoms with Crippen LogP contribution >= 0.6 is 24.0 Å². The molecule has 12 heteroatoms. The molecule has 182 valence electrons. The number of carbonyl (C=O) groups is 1. The molecule has 2 N–H and O–H groups in total. The largest absolute Gasteiger partial charge is 0.573 e. The van der Waals surface area contributed by atoms with Gasteiger partial charge in [-0.3, -0.25) is 9.69 Å². The summed E-state index contributed by atoms with van der Waals surface area (Å²) in [6.45, 7) is 4.72. The van der Waals surface area contributed by atoms with E-state index in [1.54, 1.807) is 20.2 Å². The third-order valence-electron chi connectivity index (χ3n) is 4.56. The van der Waals surface area contributed by atoms with Crippen molar-refractivity contribution in [1.82, 2.24) is 20.4 Å². The van der Waals surface area contributed by atoms with Crippen LogP contribution in [0, 0.1) is 0 Å². The van der Waals surface area contributed by atoms with Gasteiger partial charge < -0.3 is 25.0 Å². The van der Waals surface area contributed by atoms with Crippen molar-refractivity contribution < 1.29 is 27.4 Å². The molecular formula is C20H31F3IN5O3. The zero-order valence-electron chi connectivity index (χ0n) is 18.3. The van der Waals surface area contributed by atoms with Crippen LogP contribution in [0.2, 0.25) is 0 Å². The summed E-state index contributed by atoms with van der Waals surface area (Å²) in [7, 11) is 3.28. The van der Waals surface area contributed by atoms with E-state index in [4.69, 9.17) is 4.74 Å². The third-order valence-corrected chi connectivity index (χ3v) is 4.56. The number of likely N-dealkylation sites (N-methyl/N-ethyl adjacent to an activating group) is 1. The summed E-state index contributed by atoms with van der Waals surface area (Å²) in [6, 6.07) is 5.85. The smallest absolute Gasteiger partial charge is 0.405 e. The standard InChI is InChI=1S/C20H30F3N5O3.HI/c1-27(2)18(29)15-26-19(24-8-5-9-28-10-12-30-13-11-28)25-14-16-6-3-4-7-17(16)31-20(21,22)23;/h3-4,6-7H,5,8-15H2,1-2H3,(H2,24,25,26);1H. The van der Waals surface area contributed by atoms with Crippen molar-refractivity contribution >= 4 is 35.8 Å². The Bertz CT molecular complexity index is 729. The average molecular weight is 573 g/mol. The Morgan fingerprint density at radius 3 is 2.56 bits per heavy atom. The molecule has 32 heavy (non-hydrogen) atoms. The number of halogens is 4. The number of alkyl halides is 3. The van der Waals surface area contributed by atoms with Gasteiger partial charge in [-0.2, -0.15) is 0 Å². The highest BCUT2D eigenvalue weighted by Gasteiger charge is 2.31. The van der Waals surface area contributed by atoms with Crippen LogP contribution in [0.4, 0.5) is 13.2 Å². The number of ether oxygens (including phenoxy) is 2. The van der Waals surface area contributed by atoms with Crippen LogP contribution in [0.25, 0.3) is 0 Å². The number of nitrogens with one attached hydrogen (secondary N) is 2. The van der Waals surface area contributed by atoms with Crippen molar-refractivity contribution in [2.45, 2.75) is 19.3 Å². The van der Waals surface area contributed by atoms with Crippen molar-refractivity contribution in [3.8, 4) is 5.75 Å². The minimum absolute atomic E-state index is 0. The van der Waals surface area contributed by atoms with Gasteiger partial charge in [-0.15, -0.1) is 37.1 Å². The molecule has 0 aromatic heterocycles. The lowest BCUT2D eigenvalue weighted by molar-refractivity contribution is -0.274. The van der Waals surface area contributed by atoms with Gasteiger partial charge >= 0.3 is 6.36 Å². The summed E-state index contributed by atoms with van der Waals surface area (Å²) < 4.78 is 47.3. The number of rotatable bonds is 9. The highest BCUT2D eigenvalue weighted by Crippen LogP contribution is 2.26. The lowest BCUT2D eigenvalue weighted by atomic mass is 10.2. The molecule has 1 aromatic carbocycles. The molecule has 1 amide bonds. The SMILES string of the molecule is CN(C)C(=O)CNC(=NCc1ccccc1OC(F)(F)F)NCCCN1CCOCC1.I. The predicted octanol–water partition coefficient (Wildman–Crippen LogP) is 2.05. The van der Waals surface area contributed by atoms with Crippen LogP contribution in [0.5, 0.6) is 5.75 Å². The first-order valence-electron chi connectivity index (χ1n) is 10.1. The highest BCUT2D eigenvalue weighted by molar-refractivity contribution is 14.0. The quantitative estimate of drug-likeness (QED) is 0.204. The highest BCUT2D eigenvalue weighted by atomic mass is 127. The van der Waals surface area contributed by atoms with Gasteiger partial charge in [-0.1, -0.05) is 18.2 Å². The minimum Gasteiger partial charge on any atom is -0.405 e. The summed E-state index contributed by atoms with van der Waals surface area (Å²) in [4.78, 5) is 20.0. The molecule has 1 aromatic rings. The van der Waals surface area contributed by atoms with Crippen LogP contribution < -0.4 is 15.4 Å². The van der Waals surface area contributed by atoms with Crippen molar-refractivity contribution in [3.63, 3.8) is 0 Å². The van der Waals surface area contributed by atoms with Gasteiger partial charge in [0, 0.05) is 39.3 Å². The Morgan fingerprint density at radius 2 is 1.91 bits per heavy atom.